The Kier molecular flexibility index (Phi) is 6.62. The highest BCUT2D eigenvalue weighted by molar-refractivity contribution is 6.12. The van der Waals surface area contributed by atoms with Crippen LogP contribution in [0.15, 0.2) is 65.0 Å². The van der Waals surface area contributed by atoms with Gasteiger partial charge in [0.2, 0.25) is 11.8 Å². The predicted molar refractivity (Wildman–Crippen MR) is 114 cm³/mol. The molecule has 0 saturated carbocycles. The summed E-state index contributed by atoms with van der Waals surface area (Å²) >= 11 is 0. The zero-order valence-corrected chi connectivity index (χ0v) is 17.7. The number of hydrogen-bond donors (Lipinski definition) is 1. The number of allylic oxidation sites excluding steroid dienone is 2. The van der Waals surface area contributed by atoms with Gasteiger partial charge in [-0.1, -0.05) is 18.2 Å². The number of carbonyl (C=O) groups excluding carboxylic acids is 2. The van der Waals surface area contributed by atoms with Crippen LogP contribution < -0.4 is 10.2 Å². The Bertz CT molecular complexity index is 1170. The highest BCUT2D eigenvalue weighted by Gasteiger charge is 2.46. The maximum Gasteiger partial charge on any atom is 0.416 e. The SMILES string of the molecule is CCNC(=O)C1C(=O)N(c2cccc(C(F)(F)F)c2)C(C)=C(C#N)C1c1ccc(N=O)cc1. The maximum atomic E-state index is 13.6. The van der Waals surface area contributed by atoms with E-state index in [4.69, 9.17) is 0 Å². The van der Waals surface area contributed by atoms with Gasteiger partial charge in [0, 0.05) is 23.8 Å². The number of nitroso groups, excluding NO2 is 1. The zero-order valence-electron chi connectivity index (χ0n) is 17.7. The van der Waals surface area contributed by atoms with Crippen molar-refractivity contribution >= 4 is 23.2 Å². The van der Waals surface area contributed by atoms with E-state index in [1.807, 2.05) is 6.07 Å². The first kappa shape index (κ1) is 23.7. The van der Waals surface area contributed by atoms with Crippen molar-refractivity contribution in [1.29, 1.82) is 5.26 Å². The van der Waals surface area contributed by atoms with Gasteiger partial charge in [0.25, 0.3) is 0 Å². The fourth-order valence-electron chi connectivity index (χ4n) is 3.90. The van der Waals surface area contributed by atoms with Gasteiger partial charge in [-0.15, -0.1) is 4.91 Å². The van der Waals surface area contributed by atoms with E-state index in [1.54, 1.807) is 6.92 Å². The lowest BCUT2D eigenvalue weighted by atomic mass is 9.75. The monoisotopic (exact) mass is 456 g/mol. The zero-order chi connectivity index (χ0) is 24.3. The minimum absolute atomic E-state index is 0.0510. The van der Waals surface area contributed by atoms with Gasteiger partial charge in [-0.3, -0.25) is 14.5 Å². The van der Waals surface area contributed by atoms with Crippen molar-refractivity contribution in [3.05, 3.63) is 75.8 Å². The molecule has 3 rings (SSSR count). The quantitative estimate of drug-likeness (QED) is 0.516. The Morgan fingerprint density at radius 3 is 2.42 bits per heavy atom. The molecule has 0 aliphatic carbocycles. The van der Waals surface area contributed by atoms with Crippen molar-refractivity contribution in [2.24, 2.45) is 11.1 Å². The molecule has 0 radical (unpaired) electrons. The number of alkyl halides is 3. The number of nitriles is 1. The van der Waals surface area contributed by atoms with Crippen molar-refractivity contribution in [2.75, 3.05) is 11.4 Å². The summed E-state index contributed by atoms with van der Waals surface area (Å²) in [4.78, 5) is 38.2. The lowest BCUT2D eigenvalue weighted by Gasteiger charge is -2.38. The molecule has 7 nitrogen and oxygen atoms in total. The number of amides is 2. The van der Waals surface area contributed by atoms with E-state index in [-0.39, 0.29) is 29.2 Å². The molecule has 0 aromatic heterocycles. The molecule has 0 spiro atoms. The van der Waals surface area contributed by atoms with Crippen LogP contribution in [0.5, 0.6) is 0 Å². The fraction of sp³-hybridized carbons (Fsp3) is 0.261. The molecule has 1 aliphatic heterocycles. The molecule has 170 valence electrons. The van der Waals surface area contributed by atoms with Gasteiger partial charge in [0.15, 0.2) is 0 Å². The molecule has 0 saturated heterocycles. The van der Waals surface area contributed by atoms with E-state index < -0.39 is 35.4 Å². The summed E-state index contributed by atoms with van der Waals surface area (Å²) in [5.74, 6) is -3.83. The average molecular weight is 456 g/mol. The summed E-state index contributed by atoms with van der Waals surface area (Å²) in [5.41, 5.74) is -0.354. The Hall–Kier alpha value is -4.00. The number of carbonyl (C=O) groups is 2. The second-order valence-electron chi connectivity index (χ2n) is 7.37. The van der Waals surface area contributed by atoms with Crippen molar-refractivity contribution in [2.45, 2.75) is 25.9 Å². The lowest BCUT2D eigenvalue weighted by molar-refractivity contribution is -0.138. The van der Waals surface area contributed by atoms with Gasteiger partial charge < -0.3 is 5.32 Å². The molecular weight excluding hydrogens is 437 g/mol. The van der Waals surface area contributed by atoms with E-state index in [9.17, 15) is 32.9 Å². The summed E-state index contributed by atoms with van der Waals surface area (Å²) in [6.07, 6.45) is -4.64. The molecule has 2 unspecified atom stereocenters. The predicted octanol–water partition coefficient (Wildman–Crippen LogP) is 4.78. The first-order valence-electron chi connectivity index (χ1n) is 9.97. The number of nitrogens with one attached hydrogen (secondary N) is 1. The second kappa shape index (κ2) is 9.24. The molecule has 1 N–H and O–H groups in total. The number of anilines is 1. The summed E-state index contributed by atoms with van der Waals surface area (Å²) < 4.78 is 39.8. The molecule has 10 heteroatoms. The fourth-order valence-corrected chi connectivity index (χ4v) is 3.90. The number of rotatable bonds is 5. The van der Waals surface area contributed by atoms with Crippen molar-refractivity contribution in [3.63, 3.8) is 0 Å². The number of benzene rings is 2. The van der Waals surface area contributed by atoms with E-state index in [0.29, 0.717) is 5.56 Å². The first-order chi connectivity index (χ1) is 15.6. The molecule has 33 heavy (non-hydrogen) atoms. The van der Waals surface area contributed by atoms with Gasteiger partial charge in [-0.25, -0.2) is 0 Å². The van der Waals surface area contributed by atoms with Crippen molar-refractivity contribution in [3.8, 4) is 6.07 Å². The van der Waals surface area contributed by atoms with Crippen LogP contribution in [0.4, 0.5) is 24.5 Å². The Morgan fingerprint density at radius 2 is 1.88 bits per heavy atom. The smallest absolute Gasteiger partial charge is 0.356 e. The van der Waals surface area contributed by atoms with Gasteiger partial charge in [-0.05, 0) is 54.9 Å². The molecule has 0 fully saturated rings. The average Bonchev–Trinajstić information content (AvgIpc) is 2.78. The summed E-state index contributed by atoms with van der Waals surface area (Å²) in [5, 5.41) is 15.3. The molecule has 0 bridgehead atoms. The lowest BCUT2D eigenvalue weighted by Crippen LogP contribution is -2.50. The molecule has 2 atom stereocenters. The topological polar surface area (TPSA) is 103 Å². The van der Waals surface area contributed by atoms with Crippen LogP contribution in [0.25, 0.3) is 0 Å². The third-order valence-corrected chi connectivity index (χ3v) is 5.40. The van der Waals surface area contributed by atoms with Crippen LogP contribution in [0.2, 0.25) is 0 Å². The van der Waals surface area contributed by atoms with E-state index in [2.05, 4.69) is 10.5 Å². The number of hydrogen-bond acceptors (Lipinski definition) is 5. The molecule has 2 amide bonds. The third-order valence-electron chi connectivity index (χ3n) is 5.40. The summed E-state index contributed by atoms with van der Waals surface area (Å²) in [6, 6.07) is 11.9. The molecule has 1 heterocycles. The van der Waals surface area contributed by atoms with Crippen molar-refractivity contribution < 1.29 is 22.8 Å². The van der Waals surface area contributed by atoms with Crippen LogP contribution in [-0.2, 0) is 15.8 Å². The van der Waals surface area contributed by atoms with Gasteiger partial charge in [-0.2, -0.15) is 18.4 Å². The highest BCUT2D eigenvalue weighted by atomic mass is 19.4. The van der Waals surface area contributed by atoms with Crippen LogP contribution in [-0.4, -0.2) is 18.4 Å². The van der Waals surface area contributed by atoms with Crippen molar-refractivity contribution in [1.82, 2.24) is 5.32 Å². The Morgan fingerprint density at radius 1 is 1.21 bits per heavy atom. The largest absolute Gasteiger partial charge is 0.416 e. The normalized spacial score (nSPS) is 18.7. The van der Waals surface area contributed by atoms with Gasteiger partial charge in [0.05, 0.1) is 17.2 Å². The Labute approximate surface area is 187 Å². The minimum Gasteiger partial charge on any atom is -0.356 e. The highest BCUT2D eigenvalue weighted by Crippen LogP contribution is 2.43. The maximum absolute atomic E-state index is 13.6. The van der Waals surface area contributed by atoms with Crippen LogP contribution in [0.1, 0.15) is 30.9 Å². The molecule has 2 aromatic rings. The summed E-state index contributed by atoms with van der Waals surface area (Å²) in [6.45, 7) is 3.30. The van der Waals surface area contributed by atoms with E-state index in [1.165, 1.54) is 37.3 Å². The number of nitrogens with zero attached hydrogens (tertiary/aromatic N) is 3. The number of halogens is 3. The molecule has 1 aliphatic rings. The summed E-state index contributed by atoms with van der Waals surface area (Å²) in [7, 11) is 0. The first-order valence-corrected chi connectivity index (χ1v) is 9.97. The van der Waals surface area contributed by atoms with Crippen LogP contribution in [0, 0.1) is 22.2 Å². The van der Waals surface area contributed by atoms with Gasteiger partial charge >= 0.3 is 6.18 Å². The third kappa shape index (κ3) is 4.48. The van der Waals surface area contributed by atoms with Crippen LogP contribution in [0.3, 0.4) is 0 Å². The van der Waals surface area contributed by atoms with Gasteiger partial charge in [0.1, 0.15) is 11.6 Å². The standard InChI is InChI=1S/C23H19F3N4O3/c1-3-28-21(31)20-19(14-7-9-16(29-33)10-8-14)18(12-27)13(2)30(22(20)32)17-6-4-5-15(11-17)23(24,25)26/h4-11,19-20H,3H2,1-2H3,(H,28,31). The van der Waals surface area contributed by atoms with E-state index in [0.717, 1.165) is 23.1 Å². The minimum atomic E-state index is -4.64. The molecule has 2 aromatic carbocycles. The second-order valence-corrected chi connectivity index (χ2v) is 7.37. The van der Waals surface area contributed by atoms with E-state index >= 15 is 0 Å². The molecular formula is C23H19F3N4O3. The Balaban J connectivity index is 2.23. The van der Waals surface area contributed by atoms with Crippen LogP contribution >= 0.6 is 0 Å².